The molecule has 0 unspecified atom stereocenters. The average molecular weight is 250 g/mol. The molecular weight excluding hydrogens is 232 g/mol. The summed E-state index contributed by atoms with van der Waals surface area (Å²) in [6, 6.07) is 16.9. The number of para-hydroxylation sites is 2. The number of rotatable bonds is 2. The van der Waals surface area contributed by atoms with Crippen LogP contribution in [-0.2, 0) is 0 Å². The Bertz CT molecular complexity index is 627. The lowest BCUT2D eigenvalue weighted by Gasteiger charge is -2.15. The van der Waals surface area contributed by atoms with Crippen LogP contribution < -0.4 is 5.32 Å². The fraction of sp³-hybridized carbons (Fsp3) is 0.176. The molecule has 2 aromatic carbocycles. The lowest BCUT2D eigenvalue weighted by Crippen LogP contribution is -2.14. The van der Waals surface area contributed by atoms with Crippen molar-refractivity contribution in [3.8, 4) is 0 Å². The zero-order valence-corrected chi connectivity index (χ0v) is 11.4. The molecule has 19 heavy (non-hydrogen) atoms. The van der Waals surface area contributed by atoms with Gasteiger partial charge in [-0.1, -0.05) is 36.4 Å². The smallest absolute Gasteiger partial charge is 0.0461 e. The SMILES string of the molecule is CN(C)CC1=Cc2ccccc2Nc2ccccc21. The van der Waals surface area contributed by atoms with Crippen LogP contribution in [0.5, 0.6) is 0 Å². The summed E-state index contributed by atoms with van der Waals surface area (Å²) in [6.07, 6.45) is 2.29. The van der Waals surface area contributed by atoms with Crippen molar-refractivity contribution >= 4 is 23.0 Å². The van der Waals surface area contributed by atoms with Crippen molar-refractivity contribution in [3.63, 3.8) is 0 Å². The number of hydrogen-bond donors (Lipinski definition) is 1. The zero-order chi connectivity index (χ0) is 13.2. The summed E-state index contributed by atoms with van der Waals surface area (Å²) < 4.78 is 0. The van der Waals surface area contributed by atoms with Gasteiger partial charge in [0.05, 0.1) is 0 Å². The molecule has 1 aliphatic heterocycles. The Balaban J connectivity index is 2.17. The van der Waals surface area contributed by atoms with Crippen molar-refractivity contribution in [2.75, 3.05) is 26.0 Å². The maximum atomic E-state index is 3.54. The number of nitrogens with one attached hydrogen (secondary N) is 1. The Morgan fingerprint density at radius 3 is 2.37 bits per heavy atom. The third kappa shape index (κ3) is 2.40. The highest BCUT2D eigenvalue weighted by Gasteiger charge is 2.14. The molecule has 0 aromatic heterocycles. The molecule has 0 spiro atoms. The average Bonchev–Trinajstić information content (AvgIpc) is 2.55. The van der Waals surface area contributed by atoms with E-state index in [1.54, 1.807) is 0 Å². The Morgan fingerprint density at radius 1 is 0.895 bits per heavy atom. The fourth-order valence-electron chi connectivity index (χ4n) is 2.49. The molecule has 96 valence electrons. The largest absolute Gasteiger partial charge is 0.355 e. The van der Waals surface area contributed by atoms with E-state index in [0.29, 0.717) is 0 Å². The summed E-state index contributed by atoms with van der Waals surface area (Å²) in [4.78, 5) is 2.20. The van der Waals surface area contributed by atoms with Crippen LogP contribution >= 0.6 is 0 Å². The molecule has 0 bridgehead atoms. The highest BCUT2D eigenvalue weighted by molar-refractivity contribution is 5.94. The van der Waals surface area contributed by atoms with E-state index in [0.717, 1.165) is 6.54 Å². The van der Waals surface area contributed by atoms with Crippen LogP contribution in [0.3, 0.4) is 0 Å². The highest BCUT2D eigenvalue weighted by atomic mass is 15.1. The number of anilines is 2. The summed E-state index contributed by atoms with van der Waals surface area (Å²) >= 11 is 0. The Morgan fingerprint density at radius 2 is 1.58 bits per heavy atom. The predicted octanol–water partition coefficient (Wildman–Crippen LogP) is 3.85. The summed E-state index contributed by atoms with van der Waals surface area (Å²) in [5, 5.41) is 3.54. The van der Waals surface area contributed by atoms with Crippen molar-refractivity contribution in [2.24, 2.45) is 0 Å². The van der Waals surface area contributed by atoms with E-state index in [9.17, 15) is 0 Å². The maximum Gasteiger partial charge on any atom is 0.0461 e. The quantitative estimate of drug-likeness (QED) is 0.871. The Kier molecular flexibility index (Phi) is 3.10. The molecule has 0 aliphatic carbocycles. The second-order valence-corrected chi connectivity index (χ2v) is 5.17. The molecule has 0 radical (unpaired) electrons. The van der Waals surface area contributed by atoms with E-state index >= 15 is 0 Å². The molecule has 0 atom stereocenters. The van der Waals surface area contributed by atoms with Crippen LogP contribution in [0.2, 0.25) is 0 Å². The molecule has 1 N–H and O–H groups in total. The van der Waals surface area contributed by atoms with Gasteiger partial charge in [0.2, 0.25) is 0 Å². The lowest BCUT2D eigenvalue weighted by atomic mass is 10.0. The molecule has 1 aliphatic rings. The number of fused-ring (bicyclic) bond motifs is 2. The number of likely N-dealkylation sites (N-methyl/N-ethyl adjacent to an activating group) is 1. The van der Waals surface area contributed by atoms with Gasteiger partial charge in [0.25, 0.3) is 0 Å². The minimum absolute atomic E-state index is 0.938. The Labute approximate surface area is 114 Å². The molecular formula is C17H18N2. The third-order valence-electron chi connectivity index (χ3n) is 3.32. The maximum absolute atomic E-state index is 3.54. The van der Waals surface area contributed by atoms with Gasteiger partial charge in [-0.2, -0.15) is 0 Å². The monoisotopic (exact) mass is 250 g/mol. The molecule has 0 saturated heterocycles. The molecule has 0 fully saturated rings. The summed E-state index contributed by atoms with van der Waals surface area (Å²) in [6.45, 7) is 0.938. The van der Waals surface area contributed by atoms with Crippen LogP contribution in [0.4, 0.5) is 11.4 Å². The van der Waals surface area contributed by atoms with Crippen LogP contribution in [0.1, 0.15) is 11.1 Å². The normalized spacial score (nSPS) is 13.1. The van der Waals surface area contributed by atoms with E-state index in [1.165, 1.54) is 28.1 Å². The summed E-state index contributed by atoms with van der Waals surface area (Å²) in [5.41, 5.74) is 6.23. The first-order valence-electron chi connectivity index (χ1n) is 6.55. The highest BCUT2D eigenvalue weighted by Crippen LogP contribution is 2.34. The van der Waals surface area contributed by atoms with Gasteiger partial charge in [0.15, 0.2) is 0 Å². The summed E-state index contributed by atoms with van der Waals surface area (Å²) in [7, 11) is 4.21. The molecule has 0 amide bonds. The molecule has 1 heterocycles. The van der Waals surface area contributed by atoms with E-state index in [1.807, 2.05) is 0 Å². The first kappa shape index (κ1) is 12.0. The van der Waals surface area contributed by atoms with Gasteiger partial charge in [-0.05, 0) is 43.4 Å². The Hall–Kier alpha value is -2.06. The van der Waals surface area contributed by atoms with Crippen LogP contribution in [0.25, 0.3) is 11.6 Å². The van der Waals surface area contributed by atoms with E-state index in [2.05, 4.69) is 78.9 Å². The van der Waals surface area contributed by atoms with E-state index in [4.69, 9.17) is 0 Å². The fourth-order valence-corrected chi connectivity index (χ4v) is 2.49. The van der Waals surface area contributed by atoms with Crippen LogP contribution in [0, 0.1) is 0 Å². The molecule has 2 nitrogen and oxygen atoms in total. The van der Waals surface area contributed by atoms with Crippen molar-refractivity contribution in [1.29, 1.82) is 0 Å². The van der Waals surface area contributed by atoms with Gasteiger partial charge in [0, 0.05) is 23.5 Å². The first-order valence-corrected chi connectivity index (χ1v) is 6.55. The van der Waals surface area contributed by atoms with Crippen molar-refractivity contribution in [1.82, 2.24) is 4.90 Å². The van der Waals surface area contributed by atoms with Crippen LogP contribution in [0.15, 0.2) is 48.5 Å². The van der Waals surface area contributed by atoms with Crippen molar-refractivity contribution in [2.45, 2.75) is 0 Å². The van der Waals surface area contributed by atoms with Gasteiger partial charge in [0.1, 0.15) is 0 Å². The second kappa shape index (κ2) is 4.90. The van der Waals surface area contributed by atoms with Gasteiger partial charge in [-0.15, -0.1) is 0 Å². The third-order valence-corrected chi connectivity index (χ3v) is 3.32. The topological polar surface area (TPSA) is 15.3 Å². The zero-order valence-electron chi connectivity index (χ0n) is 11.4. The van der Waals surface area contributed by atoms with Gasteiger partial charge in [-0.3, -0.25) is 0 Å². The summed E-state index contributed by atoms with van der Waals surface area (Å²) in [5.74, 6) is 0. The van der Waals surface area contributed by atoms with Gasteiger partial charge >= 0.3 is 0 Å². The predicted molar refractivity (Wildman–Crippen MR) is 82.6 cm³/mol. The van der Waals surface area contributed by atoms with E-state index < -0.39 is 0 Å². The number of benzene rings is 2. The van der Waals surface area contributed by atoms with Gasteiger partial charge < -0.3 is 10.2 Å². The minimum atomic E-state index is 0.938. The molecule has 2 aromatic rings. The minimum Gasteiger partial charge on any atom is -0.355 e. The molecule has 0 saturated carbocycles. The van der Waals surface area contributed by atoms with Crippen molar-refractivity contribution < 1.29 is 0 Å². The van der Waals surface area contributed by atoms with Gasteiger partial charge in [-0.25, -0.2) is 0 Å². The lowest BCUT2D eigenvalue weighted by molar-refractivity contribution is 0.464. The number of nitrogens with zero attached hydrogens (tertiary/aromatic N) is 1. The van der Waals surface area contributed by atoms with Crippen molar-refractivity contribution in [3.05, 3.63) is 59.7 Å². The molecule has 3 rings (SSSR count). The first-order chi connectivity index (χ1) is 9.24. The standard InChI is InChI=1S/C17H18N2/c1-19(2)12-14-11-13-7-3-5-9-16(13)18-17-10-6-4-8-15(14)17/h3-11,18H,12H2,1-2H3. The van der Waals surface area contributed by atoms with E-state index in [-0.39, 0.29) is 0 Å². The number of hydrogen-bond acceptors (Lipinski definition) is 2. The second-order valence-electron chi connectivity index (χ2n) is 5.17. The van der Waals surface area contributed by atoms with Crippen LogP contribution in [-0.4, -0.2) is 25.5 Å². The molecule has 2 heteroatoms.